The minimum atomic E-state index is -0.501. The normalized spacial score (nSPS) is 9.61. The lowest BCUT2D eigenvalue weighted by molar-refractivity contribution is 0.631. The second kappa shape index (κ2) is 5.10. The molecule has 18 heavy (non-hydrogen) atoms. The maximum atomic E-state index is 13.6. The molecule has 6 heteroatoms. The Morgan fingerprint density at radius 3 is 2.83 bits per heavy atom. The summed E-state index contributed by atoms with van der Waals surface area (Å²) in [6, 6.07) is 7.69. The lowest BCUT2D eigenvalue weighted by Crippen LogP contribution is -2.01. The van der Waals surface area contributed by atoms with Gasteiger partial charge in [-0.25, -0.2) is 9.37 Å². The molecular formula is C12H10FN5. The molecule has 1 heterocycles. The summed E-state index contributed by atoms with van der Waals surface area (Å²) in [6.45, 7) is 0. The van der Waals surface area contributed by atoms with E-state index in [1.165, 1.54) is 18.2 Å². The number of aromatic nitrogens is 2. The molecule has 0 atom stereocenters. The topological polar surface area (TPSA) is 73.6 Å². The highest BCUT2D eigenvalue weighted by atomic mass is 19.1. The van der Waals surface area contributed by atoms with E-state index in [1.807, 2.05) is 6.07 Å². The molecule has 2 N–H and O–H groups in total. The van der Waals surface area contributed by atoms with E-state index in [1.54, 1.807) is 19.3 Å². The van der Waals surface area contributed by atoms with Crippen LogP contribution in [0.2, 0.25) is 0 Å². The first-order valence-corrected chi connectivity index (χ1v) is 5.20. The molecule has 0 spiro atoms. The standard InChI is InChI=1S/C12H10FN5/c1-15-12-16-5-4-11(18-12)17-10-3-2-8(7-14)6-9(10)13/h2-6H,1H3,(H2,15,16,17,18). The quantitative estimate of drug-likeness (QED) is 0.865. The van der Waals surface area contributed by atoms with Crippen molar-refractivity contribution in [1.29, 1.82) is 5.26 Å². The molecule has 1 aromatic carbocycles. The van der Waals surface area contributed by atoms with Crippen LogP contribution in [0.1, 0.15) is 5.56 Å². The smallest absolute Gasteiger partial charge is 0.224 e. The van der Waals surface area contributed by atoms with Crippen molar-refractivity contribution in [1.82, 2.24) is 9.97 Å². The van der Waals surface area contributed by atoms with Crippen LogP contribution in [0.5, 0.6) is 0 Å². The van der Waals surface area contributed by atoms with E-state index in [-0.39, 0.29) is 11.3 Å². The molecule has 0 fully saturated rings. The summed E-state index contributed by atoms with van der Waals surface area (Å²) in [4.78, 5) is 8.06. The van der Waals surface area contributed by atoms with E-state index >= 15 is 0 Å². The Morgan fingerprint density at radius 1 is 1.33 bits per heavy atom. The summed E-state index contributed by atoms with van der Waals surface area (Å²) in [5.74, 6) is 0.408. The molecule has 0 radical (unpaired) electrons. The first-order chi connectivity index (χ1) is 8.72. The number of nitriles is 1. The first kappa shape index (κ1) is 11.8. The van der Waals surface area contributed by atoms with Crippen molar-refractivity contribution < 1.29 is 4.39 Å². The third kappa shape index (κ3) is 2.52. The van der Waals surface area contributed by atoms with Crippen LogP contribution in [-0.4, -0.2) is 17.0 Å². The molecule has 0 unspecified atom stereocenters. The average molecular weight is 243 g/mol. The predicted molar refractivity (Wildman–Crippen MR) is 66.0 cm³/mol. The molecule has 0 saturated heterocycles. The average Bonchev–Trinajstić information content (AvgIpc) is 2.41. The lowest BCUT2D eigenvalue weighted by Gasteiger charge is -2.07. The van der Waals surface area contributed by atoms with E-state index in [4.69, 9.17) is 5.26 Å². The number of benzene rings is 1. The third-order valence-electron chi connectivity index (χ3n) is 2.24. The molecule has 0 saturated carbocycles. The molecule has 2 aromatic rings. The number of nitrogens with one attached hydrogen (secondary N) is 2. The fraction of sp³-hybridized carbons (Fsp3) is 0.0833. The maximum absolute atomic E-state index is 13.6. The summed E-state index contributed by atoms with van der Waals surface area (Å²) in [6.07, 6.45) is 1.56. The van der Waals surface area contributed by atoms with Crippen LogP contribution in [0, 0.1) is 17.1 Å². The van der Waals surface area contributed by atoms with E-state index in [0.717, 1.165) is 0 Å². The highest BCUT2D eigenvalue weighted by Crippen LogP contribution is 2.19. The fourth-order valence-corrected chi connectivity index (χ4v) is 1.37. The number of hydrogen-bond acceptors (Lipinski definition) is 5. The first-order valence-electron chi connectivity index (χ1n) is 5.20. The Hall–Kier alpha value is -2.68. The molecule has 0 aliphatic rings. The highest BCUT2D eigenvalue weighted by molar-refractivity contribution is 5.58. The van der Waals surface area contributed by atoms with Crippen LogP contribution in [0.15, 0.2) is 30.5 Å². The third-order valence-corrected chi connectivity index (χ3v) is 2.24. The number of nitrogens with zero attached hydrogens (tertiary/aromatic N) is 3. The van der Waals surface area contributed by atoms with Gasteiger partial charge in [-0.3, -0.25) is 0 Å². The minimum absolute atomic E-state index is 0.259. The molecule has 90 valence electrons. The highest BCUT2D eigenvalue weighted by Gasteiger charge is 2.05. The van der Waals surface area contributed by atoms with Crippen molar-refractivity contribution in [2.24, 2.45) is 0 Å². The molecule has 2 rings (SSSR count). The van der Waals surface area contributed by atoms with Crippen molar-refractivity contribution in [3.63, 3.8) is 0 Å². The van der Waals surface area contributed by atoms with Gasteiger partial charge in [-0.15, -0.1) is 0 Å². The molecule has 0 aliphatic carbocycles. The van der Waals surface area contributed by atoms with E-state index < -0.39 is 5.82 Å². The van der Waals surface area contributed by atoms with Crippen LogP contribution in [0.4, 0.5) is 21.8 Å². The van der Waals surface area contributed by atoms with Gasteiger partial charge < -0.3 is 10.6 Å². The zero-order chi connectivity index (χ0) is 13.0. The van der Waals surface area contributed by atoms with E-state index in [0.29, 0.717) is 11.8 Å². The van der Waals surface area contributed by atoms with Crippen LogP contribution >= 0.6 is 0 Å². The minimum Gasteiger partial charge on any atom is -0.357 e. The number of anilines is 3. The number of halogens is 1. The summed E-state index contributed by atoms with van der Waals surface area (Å²) < 4.78 is 13.6. The summed E-state index contributed by atoms with van der Waals surface area (Å²) in [7, 11) is 1.70. The summed E-state index contributed by atoms with van der Waals surface area (Å²) >= 11 is 0. The van der Waals surface area contributed by atoms with Gasteiger partial charge in [0.2, 0.25) is 5.95 Å². The Kier molecular flexibility index (Phi) is 3.34. The monoisotopic (exact) mass is 243 g/mol. The Morgan fingerprint density at radius 2 is 2.17 bits per heavy atom. The largest absolute Gasteiger partial charge is 0.357 e. The van der Waals surface area contributed by atoms with Gasteiger partial charge in [0, 0.05) is 13.2 Å². The Balaban J connectivity index is 2.26. The number of hydrogen-bond donors (Lipinski definition) is 2. The van der Waals surface area contributed by atoms with Crippen LogP contribution in [0.25, 0.3) is 0 Å². The van der Waals surface area contributed by atoms with Crippen molar-refractivity contribution in [2.45, 2.75) is 0 Å². The van der Waals surface area contributed by atoms with Gasteiger partial charge in [0.15, 0.2) is 0 Å². The van der Waals surface area contributed by atoms with E-state index in [2.05, 4.69) is 20.6 Å². The van der Waals surface area contributed by atoms with Crippen LogP contribution in [-0.2, 0) is 0 Å². The van der Waals surface area contributed by atoms with Gasteiger partial charge in [-0.05, 0) is 24.3 Å². The molecule has 0 bridgehead atoms. The Labute approximate surface area is 103 Å². The van der Waals surface area contributed by atoms with Gasteiger partial charge >= 0.3 is 0 Å². The molecule has 0 aliphatic heterocycles. The molecule has 5 nitrogen and oxygen atoms in total. The number of rotatable bonds is 3. The summed E-state index contributed by atoms with van der Waals surface area (Å²) in [5, 5.41) is 14.3. The van der Waals surface area contributed by atoms with Crippen LogP contribution in [0.3, 0.4) is 0 Å². The van der Waals surface area contributed by atoms with Gasteiger partial charge in [0.05, 0.1) is 17.3 Å². The van der Waals surface area contributed by atoms with Gasteiger partial charge in [-0.2, -0.15) is 10.2 Å². The van der Waals surface area contributed by atoms with E-state index in [9.17, 15) is 4.39 Å². The van der Waals surface area contributed by atoms with Crippen molar-refractivity contribution in [3.05, 3.63) is 41.8 Å². The molecule has 1 aromatic heterocycles. The van der Waals surface area contributed by atoms with Gasteiger partial charge in [0.1, 0.15) is 11.6 Å². The fourth-order valence-electron chi connectivity index (χ4n) is 1.37. The zero-order valence-electron chi connectivity index (χ0n) is 9.61. The van der Waals surface area contributed by atoms with Crippen molar-refractivity contribution in [3.8, 4) is 6.07 Å². The van der Waals surface area contributed by atoms with Crippen molar-refractivity contribution >= 4 is 17.5 Å². The maximum Gasteiger partial charge on any atom is 0.224 e. The second-order valence-corrected chi connectivity index (χ2v) is 3.45. The second-order valence-electron chi connectivity index (χ2n) is 3.45. The molecular weight excluding hydrogens is 233 g/mol. The predicted octanol–water partition coefficient (Wildman–Crippen LogP) is 2.27. The zero-order valence-corrected chi connectivity index (χ0v) is 9.61. The SMILES string of the molecule is CNc1nccc(Nc2ccc(C#N)cc2F)n1. The molecule has 0 amide bonds. The van der Waals surface area contributed by atoms with Gasteiger partial charge in [-0.1, -0.05) is 0 Å². The van der Waals surface area contributed by atoms with Crippen LogP contribution < -0.4 is 10.6 Å². The van der Waals surface area contributed by atoms with Gasteiger partial charge in [0.25, 0.3) is 0 Å². The summed E-state index contributed by atoms with van der Waals surface area (Å²) in [5.41, 5.74) is 0.534. The Bertz CT molecular complexity index is 606. The lowest BCUT2D eigenvalue weighted by atomic mass is 10.2. The van der Waals surface area contributed by atoms with Crippen molar-refractivity contribution in [2.75, 3.05) is 17.7 Å².